The lowest BCUT2D eigenvalue weighted by Gasteiger charge is -2.13. The third-order valence-electron chi connectivity index (χ3n) is 2.67. The summed E-state index contributed by atoms with van der Waals surface area (Å²) in [5, 5.41) is 9.78. The van der Waals surface area contributed by atoms with E-state index in [2.05, 4.69) is 9.97 Å². The minimum absolute atomic E-state index is 0.0203. The average Bonchev–Trinajstić information content (AvgIpc) is 2.34. The van der Waals surface area contributed by atoms with E-state index in [1.807, 2.05) is 0 Å². The van der Waals surface area contributed by atoms with Crippen LogP contribution in [0.3, 0.4) is 0 Å². The van der Waals surface area contributed by atoms with Crippen LogP contribution >= 0.6 is 0 Å². The van der Waals surface area contributed by atoms with Gasteiger partial charge in [0.1, 0.15) is 12.1 Å². The van der Waals surface area contributed by atoms with Crippen molar-refractivity contribution in [1.29, 1.82) is 0 Å². The van der Waals surface area contributed by atoms with E-state index in [1.54, 1.807) is 13.8 Å². The maximum Gasteiger partial charge on any atom is 0.167 e. The Morgan fingerprint density at radius 1 is 1.11 bits per heavy atom. The number of halogens is 2. The van der Waals surface area contributed by atoms with Crippen LogP contribution < -0.4 is 0 Å². The Balaban J connectivity index is 2.66. The van der Waals surface area contributed by atoms with Crippen LogP contribution in [-0.2, 0) is 0 Å². The van der Waals surface area contributed by atoms with Crippen molar-refractivity contribution in [3.05, 3.63) is 42.0 Å². The first kappa shape index (κ1) is 12.4. The Bertz CT molecular complexity index is 571. The Labute approximate surface area is 103 Å². The first-order valence-electron chi connectivity index (χ1n) is 5.48. The lowest BCUT2D eigenvalue weighted by atomic mass is 9.97. The summed E-state index contributed by atoms with van der Waals surface area (Å²) < 4.78 is 27.8. The number of phenolic OH excluding ortho intramolecular Hbond substituents is 1. The fourth-order valence-electron chi connectivity index (χ4n) is 1.82. The molecule has 1 N–H and O–H groups in total. The molecule has 2 rings (SSSR count). The van der Waals surface area contributed by atoms with Crippen molar-refractivity contribution in [2.24, 2.45) is 0 Å². The molecule has 0 saturated heterocycles. The van der Waals surface area contributed by atoms with Crippen LogP contribution in [0.15, 0.2) is 24.8 Å². The summed E-state index contributed by atoms with van der Waals surface area (Å²) in [5.74, 6) is -2.58. The van der Waals surface area contributed by atoms with Gasteiger partial charge in [0.15, 0.2) is 11.6 Å². The van der Waals surface area contributed by atoms with Crippen molar-refractivity contribution >= 4 is 0 Å². The second-order valence-electron chi connectivity index (χ2n) is 4.27. The fraction of sp³-hybridized carbons (Fsp3) is 0.231. The third-order valence-corrected chi connectivity index (χ3v) is 2.67. The van der Waals surface area contributed by atoms with E-state index in [1.165, 1.54) is 24.8 Å². The minimum atomic E-state index is -1.02. The van der Waals surface area contributed by atoms with E-state index in [0.29, 0.717) is 5.56 Å². The second kappa shape index (κ2) is 4.68. The molecule has 1 aromatic heterocycles. The van der Waals surface area contributed by atoms with Gasteiger partial charge in [-0.1, -0.05) is 13.8 Å². The number of phenols is 1. The van der Waals surface area contributed by atoms with Gasteiger partial charge in [-0.3, -0.25) is 0 Å². The van der Waals surface area contributed by atoms with E-state index in [0.717, 1.165) is 0 Å². The van der Waals surface area contributed by atoms with Crippen molar-refractivity contribution in [2.45, 2.75) is 19.8 Å². The average molecular weight is 250 g/mol. The van der Waals surface area contributed by atoms with Crippen LogP contribution in [0, 0.1) is 11.6 Å². The van der Waals surface area contributed by atoms with Crippen molar-refractivity contribution in [2.75, 3.05) is 0 Å². The zero-order valence-electron chi connectivity index (χ0n) is 9.98. The number of nitrogens with zero attached hydrogens (tertiary/aromatic N) is 2. The van der Waals surface area contributed by atoms with E-state index in [4.69, 9.17) is 0 Å². The molecule has 18 heavy (non-hydrogen) atoms. The summed E-state index contributed by atoms with van der Waals surface area (Å²) in [5.41, 5.74) is 0.252. The largest absolute Gasteiger partial charge is 0.508 e. The number of hydrogen-bond acceptors (Lipinski definition) is 3. The molecular formula is C13H12F2N2O. The monoisotopic (exact) mass is 250 g/mol. The molecule has 1 heterocycles. The lowest BCUT2D eigenvalue weighted by Crippen LogP contribution is -2.00. The highest BCUT2D eigenvalue weighted by Crippen LogP contribution is 2.35. The SMILES string of the molecule is CC(C)c1c(O)cc(-c2cncnc2)c(F)c1F. The van der Waals surface area contributed by atoms with Gasteiger partial charge in [0.2, 0.25) is 0 Å². The highest BCUT2D eigenvalue weighted by atomic mass is 19.2. The molecule has 1 aromatic carbocycles. The zero-order valence-corrected chi connectivity index (χ0v) is 9.98. The van der Waals surface area contributed by atoms with E-state index >= 15 is 0 Å². The molecule has 0 saturated carbocycles. The Morgan fingerprint density at radius 3 is 2.28 bits per heavy atom. The van der Waals surface area contributed by atoms with Crippen LogP contribution in [-0.4, -0.2) is 15.1 Å². The summed E-state index contributed by atoms with van der Waals surface area (Å²) in [4.78, 5) is 7.47. The summed E-state index contributed by atoms with van der Waals surface area (Å²) in [6.07, 6.45) is 4.01. The zero-order chi connectivity index (χ0) is 13.3. The van der Waals surface area contributed by atoms with E-state index < -0.39 is 11.6 Å². The summed E-state index contributed by atoms with van der Waals surface area (Å²) >= 11 is 0. The number of rotatable bonds is 2. The quantitative estimate of drug-likeness (QED) is 0.889. The van der Waals surface area contributed by atoms with Gasteiger partial charge in [-0.25, -0.2) is 18.7 Å². The molecule has 2 aromatic rings. The van der Waals surface area contributed by atoms with Crippen LogP contribution in [0.2, 0.25) is 0 Å². The second-order valence-corrected chi connectivity index (χ2v) is 4.27. The molecule has 0 bridgehead atoms. The van der Waals surface area contributed by atoms with Gasteiger partial charge in [0, 0.05) is 29.1 Å². The number of aromatic hydroxyl groups is 1. The highest BCUT2D eigenvalue weighted by Gasteiger charge is 2.21. The van der Waals surface area contributed by atoms with Gasteiger partial charge in [-0.05, 0) is 12.0 Å². The molecule has 94 valence electrons. The minimum Gasteiger partial charge on any atom is -0.508 e. The predicted octanol–water partition coefficient (Wildman–Crippen LogP) is 3.25. The molecule has 0 radical (unpaired) electrons. The molecule has 0 aliphatic heterocycles. The molecule has 0 spiro atoms. The highest BCUT2D eigenvalue weighted by molar-refractivity contribution is 5.65. The Morgan fingerprint density at radius 2 is 1.72 bits per heavy atom. The molecular weight excluding hydrogens is 238 g/mol. The van der Waals surface area contributed by atoms with Crippen LogP contribution in [0.1, 0.15) is 25.3 Å². The number of aromatic nitrogens is 2. The Kier molecular flexibility index (Phi) is 3.23. The Hall–Kier alpha value is -2.04. The van der Waals surface area contributed by atoms with Crippen LogP contribution in [0.5, 0.6) is 5.75 Å². The molecule has 0 fully saturated rings. The standard InChI is InChI=1S/C13H12F2N2O/c1-7(2)11-10(18)3-9(12(14)13(11)15)8-4-16-6-17-5-8/h3-7,18H,1-2H3. The van der Waals surface area contributed by atoms with Gasteiger partial charge in [0.05, 0.1) is 0 Å². The molecule has 3 nitrogen and oxygen atoms in total. The van der Waals surface area contributed by atoms with Gasteiger partial charge in [0.25, 0.3) is 0 Å². The lowest BCUT2D eigenvalue weighted by molar-refractivity contribution is 0.437. The van der Waals surface area contributed by atoms with Gasteiger partial charge < -0.3 is 5.11 Å². The number of benzene rings is 1. The maximum atomic E-state index is 13.9. The summed E-state index contributed by atoms with van der Waals surface area (Å²) in [7, 11) is 0. The third kappa shape index (κ3) is 2.03. The van der Waals surface area contributed by atoms with Crippen molar-refractivity contribution in [3.8, 4) is 16.9 Å². The van der Waals surface area contributed by atoms with Gasteiger partial charge in [-0.2, -0.15) is 0 Å². The first-order valence-corrected chi connectivity index (χ1v) is 5.48. The molecule has 0 aliphatic rings. The predicted molar refractivity (Wildman–Crippen MR) is 63.1 cm³/mol. The van der Waals surface area contributed by atoms with Gasteiger partial charge in [-0.15, -0.1) is 0 Å². The molecule has 5 heteroatoms. The van der Waals surface area contributed by atoms with Crippen LogP contribution in [0.4, 0.5) is 8.78 Å². The van der Waals surface area contributed by atoms with Crippen molar-refractivity contribution in [1.82, 2.24) is 9.97 Å². The summed E-state index contributed by atoms with van der Waals surface area (Å²) in [6.45, 7) is 3.37. The van der Waals surface area contributed by atoms with Crippen molar-refractivity contribution < 1.29 is 13.9 Å². The van der Waals surface area contributed by atoms with Crippen LogP contribution in [0.25, 0.3) is 11.1 Å². The number of hydrogen-bond donors (Lipinski definition) is 1. The van der Waals surface area contributed by atoms with Gasteiger partial charge >= 0.3 is 0 Å². The molecule has 0 atom stereocenters. The van der Waals surface area contributed by atoms with E-state index in [-0.39, 0.29) is 22.8 Å². The maximum absolute atomic E-state index is 13.9. The fourth-order valence-corrected chi connectivity index (χ4v) is 1.82. The molecule has 0 amide bonds. The van der Waals surface area contributed by atoms with Crippen molar-refractivity contribution in [3.63, 3.8) is 0 Å². The topological polar surface area (TPSA) is 46.0 Å². The summed E-state index contributed by atoms with van der Waals surface area (Å²) in [6, 6.07) is 1.20. The molecule has 0 unspecified atom stereocenters. The first-order chi connectivity index (χ1) is 8.52. The molecule has 0 aliphatic carbocycles. The normalized spacial score (nSPS) is 10.9. The smallest absolute Gasteiger partial charge is 0.167 e. The van der Waals surface area contributed by atoms with E-state index in [9.17, 15) is 13.9 Å².